The minimum absolute atomic E-state index is 0.234. The maximum Gasteiger partial charge on any atom is 0.329 e. The Bertz CT molecular complexity index is 1090. The number of para-hydroxylation sites is 1. The molecule has 2 amide bonds. The van der Waals surface area contributed by atoms with Gasteiger partial charge in [-0.2, -0.15) is 0 Å². The number of aromatic amines is 1. The molecule has 3 rings (SSSR count). The first-order valence-electron chi connectivity index (χ1n) is 9.39. The third kappa shape index (κ3) is 5.18. The summed E-state index contributed by atoms with van der Waals surface area (Å²) in [5.41, 5.74) is 3.05. The number of fused-ring (bicyclic) bond motifs is 1. The number of esters is 1. The van der Waals surface area contributed by atoms with Crippen molar-refractivity contribution < 1.29 is 19.1 Å². The van der Waals surface area contributed by atoms with Gasteiger partial charge < -0.3 is 20.4 Å². The molecule has 0 radical (unpaired) electrons. The van der Waals surface area contributed by atoms with Gasteiger partial charge in [0.15, 0.2) is 6.61 Å². The van der Waals surface area contributed by atoms with Gasteiger partial charge in [-0.25, -0.2) is 4.79 Å². The van der Waals surface area contributed by atoms with Gasteiger partial charge in [0, 0.05) is 41.2 Å². The SMILES string of the molecule is CC(=O)N[C@@H](Cc1c[nH]c2ccccc12)C(=O)OCC(=O)Nc1cccc(Cl)c1C. The molecule has 1 heterocycles. The highest BCUT2D eigenvalue weighted by Crippen LogP contribution is 2.23. The Labute approximate surface area is 178 Å². The number of ether oxygens (including phenoxy) is 1. The highest BCUT2D eigenvalue weighted by molar-refractivity contribution is 6.31. The number of nitrogens with one attached hydrogen (secondary N) is 3. The zero-order chi connectivity index (χ0) is 21.7. The standard InChI is InChI=1S/C22H22ClN3O4/c1-13-17(23)7-5-9-18(13)26-21(28)12-30-22(29)20(25-14(2)27)10-15-11-24-19-8-4-3-6-16(15)19/h3-9,11,20,24H,10,12H2,1-2H3,(H,25,27)(H,26,28)/t20-/m0/s1. The van der Waals surface area contributed by atoms with Crippen molar-refractivity contribution in [1.29, 1.82) is 0 Å². The molecule has 156 valence electrons. The van der Waals surface area contributed by atoms with Gasteiger partial charge in [-0.15, -0.1) is 0 Å². The normalized spacial score (nSPS) is 11.7. The van der Waals surface area contributed by atoms with E-state index in [0.29, 0.717) is 16.3 Å². The highest BCUT2D eigenvalue weighted by atomic mass is 35.5. The second-order valence-corrected chi connectivity index (χ2v) is 7.29. The van der Waals surface area contributed by atoms with Gasteiger partial charge in [-0.05, 0) is 36.2 Å². The number of carbonyl (C=O) groups excluding carboxylic acids is 3. The molecule has 0 saturated heterocycles. The van der Waals surface area contributed by atoms with Crippen LogP contribution >= 0.6 is 11.6 Å². The van der Waals surface area contributed by atoms with Crippen LogP contribution in [0, 0.1) is 6.92 Å². The Morgan fingerprint density at radius 1 is 1.13 bits per heavy atom. The van der Waals surface area contributed by atoms with E-state index < -0.39 is 24.5 Å². The summed E-state index contributed by atoms with van der Waals surface area (Å²) in [6, 6.07) is 11.9. The number of halogens is 1. The number of benzene rings is 2. The average Bonchev–Trinajstić information content (AvgIpc) is 3.12. The van der Waals surface area contributed by atoms with Crippen LogP contribution in [-0.4, -0.2) is 35.4 Å². The van der Waals surface area contributed by atoms with Gasteiger partial charge in [0.05, 0.1) is 0 Å². The number of carbonyl (C=O) groups is 3. The van der Waals surface area contributed by atoms with E-state index in [1.165, 1.54) is 6.92 Å². The lowest BCUT2D eigenvalue weighted by Crippen LogP contribution is -2.43. The van der Waals surface area contributed by atoms with Gasteiger partial charge >= 0.3 is 5.97 Å². The Kier molecular flexibility index (Phi) is 6.74. The number of amides is 2. The molecule has 0 aliphatic heterocycles. The largest absolute Gasteiger partial charge is 0.454 e. The van der Waals surface area contributed by atoms with E-state index >= 15 is 0 Å². The predicted octanol–water partition coefficient (Wildman–Crippen LogP) is 3.36. The molecule has 0 aliphatic carbocycles. The number of H-pyrrole nitrogens is 1. The molecule has 3 aromatic rings. The smallest absolute Gasteiger partial charge is 0.329 e. The van der Waals surface area contributed by atoms with Crippen LogP contribution in [0.5, 0.6) is 0 Å². The van der Waals surface area contributed by atoms with Crippen molar-refractivity contribution in [3.8, 4) is 0 Å². The van der Waals surface area contributed by atoms with Crippen LogP contribution in [0.3, 0.4) is 0 Å². The van der Waals surface area contributed by atoms with Gasteiger partial charge in [-0.3, -0.25) is 9.59 Å². The lowest BCUT2D eigenvalue weighted by molar-refractivity contribution is -0.150. The second-order valence-electron chi connectivity index (χ2n) is 6.89. The molecule has 0 spiro atoms. The highest BCUT2D eigenvalue weighted by Gasteiger charge is 2.24. The van der Waals surface area contributed by atoms with Crippen LogP contribution in [0.2, 0.25) is 5.02 Å². The lowest BCUT2D eigenvalue weighted by Gasteiger charge is -2.17. The molecule has 1 aromatic heterocycles. The number of anilines is 1. The van der Waals surface area contributed by atoms with Crippen molar-refractivity contribution in [3.05, 3.63) is 64.8 Å². The fraction of sp³-hybridized carbons (Fsp3) is 0.227. The summed E-state index contributed by atoms with van der Waals surface area (Å²) in [4.78, 5) is 39.5. The van der Waals surface area contributed by atoms with Crippen molar-refractivity contribution in [2.75, 3.05) is 11.9 Å². The van der Waals surface area contributed by atoms with Crippen LogP contribution in [0.1, 0.15) is 18.1 Å². The van der Waals surface area contributed by atoms with E-state index in [4.69, 9.17) is 16.3 Å². The van der Waals surface area contributed by atoms with Crippen LogP contribution in [0.4, 0.5) is 5.69 Å². The summed E-state index contributed by atoms with van der Waals surface area (Å²) in [6.07, 6.45) is 2.03. The topological polar surface area (TPSA) is 100 Å². The Balaban J connectivity index is 1.64. The van der Waals surface area contributed by atoms with Gasteiger partial charge in [-0.1, -0.05) is 35.9 Å². The Morgan fingerprint density at radius 2 is 1.90 bits per heavy atom. The van der Waals surface area contributed by atoms with E-state index in [2.05, 4.69) is 15.6 Å². The maximum atomic E-state index is 12.6. The van der Waals surface area contributed by atoms with Crippen LogP contribution in [-0.2, 0) is 25.5 Å². The lowest BCUT2D eigenvalue weighted by atomic mass is 10.0. The van der Waals surface area contributed by atoms with Crippen molar-refractivity contribution in [1.82, 2.24) is 10.3 Å². The molecule has 8 heteroatoms. The molecule has 2 aromatic carbocycles. The van der Waals surface area contributed by atoms with E-state index in [1.54, 1.807) is 31.3 Å². The second kappa shape index (κ2) is 9.45. The molecule has 7 nitrogen and oxygen atoms in total. The van der Waals surface area contributed by atoms with Crippen molar-refractivity contribution in [3.63, 3.8) is 0 Å². The van der Waals surface area contributed by atoms with Gasteiger partial charge in [0.1, 0.15) is 6.04 Å². The monoisotopic (exact) mass is 427 g/mol. The summed E-state index contributed by atoms with van der Waals surface area (Å²) in [5, 5.41) is 6.74. The van der Waals surface area contributed by atoms with Crippen LogP contribution in [0.25, 0.3) is 10.9 Å². The Hall–Kier alpha value is -3.32. The first-order valence-corrected chi connectivity index (χ1v) is 9.76. The zero-order valence-electron chi connectivity index (χ0n) is 16.6. The molecule has 0 unspecified atom stereocenters. The number of hydrogen-bond donors (Lipinski definition) is 3. The minimum atomic E-state index is -0.914. The number of rotatable bonds is 7. The third-order valence-electron chi connectivity index (χ3n) is 4.65. The summed E-state index contributed by atoms with van der Waals surface area (Å²) < 4.78 is 5.16. The van der Waals surface area contributed by atoms with E-state index in [9.17, 15) is 14.4 Å². The van der Waals surface area contributed by atoms with Crippen LogP contribution < -0.4 is 10.6 Å². The number of aromatic nitrogens is 1. The summed E-state index contributed by atoms with van der Waals surface area (Å²) >= 11 is 6.04. The molecule has 3 N–H and O–H groups in total. The molecule has 0 fully saturated rings. The molecule has 0 saturated carbocycles. The average molecular weight is 428 g/mol. The van der Waals surface area contributed by atoms with Crippen molar-refractivity contribution in [2.24, 2.45) is 0 Å². The Morgan fingerprint density at radius 3 is 2.67 bits per heavy atom. The predicted molar refractivity (Wildman–Crippen MR) is 115 cm³/mol. The third-order valence-corrected chi connectivity index (χ3v) is 5.06. The maximum absolute atomic E-state index is 12.6. The molecule has 0 bridgehead atoms. The first kappa shape index (κ1) is 21.4. The fourth-order valence-electron chi connectivity index (χ4n) is 3.13. The van der Waals surface area contributed by atoms with E-state index in [0.717, 1.165) is 16.5 Å². The van der Waals surface area contributed by atoms with Crippen LogP contribution in [0.15, 0.2) is 48.7 Å². The van der Waals surface area contributed by atoms with Gasteiger partial charge in [0.25, 0.3) is 5.91 Å². The first-order chi connectivity index (χ1) is 14.3. The van der Waals surface area contributed by atoms with Crippen molar-refractivity contribution >= 4 is 46.0 Å². The number of hydrogen-bond acceptors (Lipinski definition) is 4. The molecular formula is C22H22ClN3O4. The van der Waals surface area contributed by atoms with E-state index in [-0.39, 0.29) is 12.3 Å². The molecule has 1 atom stereocenters. The minimum Gasteiger partial charge on any atom is -0.454 e. The van der Waals surface area contributed by atoms with Crippen molar-refractivity contribution in [2.45, 2.75) is 26.3 Å². The molecule has 0 aliphatic rings. The zero-order valence-corrected chi connectivity index (χ0v) is 17.4. The summed E-state index contributed by atoms with van der Waals surface area (Å²) in [6.45, 7) is 2.62. The summed E-state index contributed by atoms with van der Waals surface area (Å²) in [7, 11) is 0. The fourth-order valence-corrected chi connectivity index (χ4v) is 3.30. The quantitative estimate of drug-likeness (QED) is 0.503. The van der Waals surface area contributed by atoms with Gasteiger partial charge in [0.2, 0.25) is 5.91 Å². The molecular weight excluding hydrogens is 406 g/mol. The molecule has 30 heavy (non-hydrogen) atoms. The van der Waals surface area contributed by atoms with E-state index in [1.807, 2.05) is 24.3 Å². The summed E-state index contributed by atoms with van der Waals surface area (Å²) in [5.74, 6) is -1.55.